The van der Waals surface area contributed by atoms with E-state index < -0.39 is 0 Å². The predicted molar refractivity (Wildman–Crippen MR) is 69.2 cm³/mol. The summed E-state index contributed by atoms with van der Waals surface area (Å²) < 4.78 is 11.7. The highest BCUT2D eigenvalue weighted by atomic mass is 79.9. The molecule has 0 radical (unpaired) electrons. The minimum absolute atomic E-state index is 0.429. The first kappa shape index (κ1) is 13.3. The predicted octanol–water partition coefficient (Wildman–Crippen LogP) is 2.96. The van der Waals surface area contributed by atoms with Crippen molar-refractivity contribution in [3.8, 4) is 11.5 Å². The molecule has 1 aromatic rings. The number of halogens is 1. The molecule has 16 heavy (non-hydrogen) atoms. The molecule has 0 amide bonds. The van der Waals surface area contributed by atoms with Crippen molar-refractivity contribution in [3.05, 3.63) is 22.2 Å². The summed E-state index contributed by atoms with van der Waals surface area (Å²) in [5.41, 5.74) is 1.04. The van der Waals surface area contributed by atoms with Crippen molar-refractivity contribution in [2.45, 2.75) is 26.4 Å². The summed E-state index contributed by atoms with van der Waals surface area (Å²) in [6, 6.07) is 4.32. The van der Waals surface area contributed by atoms with Crippen LogP contribution in [0.15, 0.2) is 16.6 Å². The third-order valence-corrected chi connectivity index (χ3v) is 2.72. The van der Waals surface area contributed by atoms with E-state index in [1.165, 1.54) is 0 Å². The summed E-state index contributed by atoms with van der Waals surface area (Å²) in [6.45, 7) is 4.95. The number of ether oxygens (including phenoxy) is 2. The third kappa shape index (κ3) is 3.39. The molecule has 0 fully saturated rings. The quantitative estimate of drug-likeness (QED) is 0.903. The Balaban J connectivity index is 3.02. The van der Waals surface area contributed by atoms with Crippen molar-refractivity contribution in [2.24, 2.45) is 0 Å². The first-order chi connectivity index (χ1) is 7.58. The summed E-state index contributed by atoms with van der Waals surface area (Å²) in [5.74, 6) is 1.67. The zero-order valence-corrected chi connectivity index (χ0v) is 11.7. The van der Waals surface area contributed by atoms with Crippen LogP contribution in [0, 0.1) is 0 Å². The highest BCUT2D eigenvalue weighted by Gasteiger charge is 2.11. The van der Waals surface area contributed by atoms with Gasteiger partial charge >= 0.3 is 0 Å². The van der Waals surface area contributed by atoms with Gasteiger partial charge in [-0.2, -0.15) is 0 Å². The van der Waals surface area contributed by atoms with Crippen molar-refractivity contribution >= 4 is 15.9 Å². The van der Waals surface area contributed by atoms with Crippen LogP contribution in [-0.4, -0.2) is 20.3 Å². The summed E-state index contributed by atoms with van der Waals surface area (Å²) in [5, 5.41) is 3.36. The van der Waals surface area contributed by atoms with Gasteiger partial charge < -0.3 is 14.8 Å². The molecule has 3 nitrogen and oxygen atoms in total. The van der Waals surface area contributed by atoms with Gasteiger partial charge in [-0.3, -0.25) is 0 Å². The molecule has 4 heteroatoms. The molecule has 0 unspecified atom stereocenters. The smallest absolute Gasteiger partial charge is 0.128 e. The van der Waals surface area contributed by atoms with E-state index in [0.717, 1.165) is 28.1 Å². The average molecular weight is 288 g/mol. The topological polar surface area (TPSA) is 30.5 Å². The van der Waals surface area contributed by atoms with Crippen LogP contribution in [-0.2, 0) is 6.54 Å². The Hall–Kier alpha value is -0.740. The number of rotatable bonds is 5. The van der Waals surface area contributed by atoms with Crippen LogP contribution in [0.1, 0.15) is 19.4 Å². The molecule has 1 rings (SSSR count). The molecule has 0 atom stereocenters. The van der Waals surface area contributed by atoms with Gasteiger partial charge in [0.15, 0.2) is 0 Å². The Bertz CT molecular complexity index is 328. The summed E-state index contributed by atoms with van der Waals surface area (Å²) in [4.78, 5) is 0. The minimum Gasteiger partial charge on any atom is -0.496 e. The number of hydrogen-bond donors (Lipinski definition) is 1. The molecule has 0 spiro atoms. The van der Waals surface area contributed by atoms with E-state index in [1.54, 1.807) is 14.2 Å². The second-order valence-electron chi connectivity index (χ2n) is 3.82. The van der Waals surface area contributed by atoms with E-state index in [1.807, 2.05) is 12.1 Å². The van der Waals surface area contributed by atoms with E-state index in [9.17, 15) is 0 Å². The second kappa shape index (κ2) is 6.11. The molecule has 0 saturated carbocycles. The van der Waals surface area contributed by atoms with Gasteiger partial charge in [0.05, 0.1) is 14.2 Å². The molecule has 90 valence electrons. The number of hydrogen-bond acceptors (Lipinski definition) is 3. The molecular formula is C12H18BrNO2. The van der Waals surface area contributed by atoms with E-state index in [2.05, 4.69) is 35.1 Å². The van der Waals surface area contributed by atoms with Crippen LogP contribution in [0.2, 0.25) is 0 Å². The summed E-state index contributed by atoms with van der Waals surface area (Å²) in [6.07, 6.45) is 0. The largest absolute Gasteiger partial charge is 0.496 e. The minimum atomic E-state index is 0.429. The van der Waals surface area contributed by atoms with Gasteiger partial charge in [0.1, 0.15) is 11.5 Å². The average Bonchev–Trinajstić information content (AvgIpc) is 2.25. The molecule has 0 aliphatic carbocycles. The summed E-state index contributed by atoms with van der Waals surface area (Å²) >= 11 is 3.43. The maximum absolute atomic E-state index is 5.35. The van der Waals surface area contributed by atoms with Crippen LogP contribution in [0.3, 0.4) is 0 Å². The van der Waals surface area contributed by atoms with Crippen molar-refractivity contribution in [1.29, 1.82) is 0 Å². The fourth-order valence-corrected chi connectivity index (χ4v) is 1.85. The Labute approximate surface area is 105 Å². The lowest BCUT2D eigenvalue weighted by Gasteiger charge is -2.15. The van der Waals surface area contributed by atoms with Crippen molar-refractivity contribution in [3.63, 3.8) is 0 Å². The molecule has 1 N–H and O–H groups in total. The van der Waals surface area contributed by atoms with Crippen molar-refractivity contribution < 1.29 is 9.47 Å². The Kier molecular flexibility index (Phi) is 5.09. The maximum atomic E-state index is 5.35. The number of nitrogens with one attached hydrogen (secondary N) is 1. The van der Waals surface area contributed by atoms with E-state index in [0.29, 0.717) is 6.04 Å². The highest BCUT2D eigenvalue weighted by Crippen LogP contribution is 2.32. The van der Waals surface area contributed by atoms with Gasteiger partial charge in [-0.15, -0.1) is 0 Å². The first-order valence-corrected chi connectivity index (χ1v) is 6.01. The van der Waals surface area contributed by atoms with Crippen LogP contribution in [0.5, 0.6) is 11.5 Å². The molecular weight excluding hydrogens is 270 g/mol. The Morgan fingerprint density at radius 2 is 1.69 bits per heavy atom. The fraction of sp³-hybridized carbons (Fsp3) is 0.500. The normalized spacial score (nSPS) is 10.6. The fourth-order valence-electron chi connectivity index (χ4n) is 1.43. The molecule has 1 aromatic carbocycles. The van der Waals surface area contributed by atoms with E-state index in [4.69, 9.17) is 9.47 Å². The second-order valence-corrected chi connectivity index (χ2v) is 4.74. The van der Waals surface area contributed by atoms with Crippen LogP contribution in [0.4, 0.5) is 0 Å². The highest BCUT2D eigenvalue weighted by molar-refractivity contribution is 9.10. The zero-order valence-electron chi connectivity index (χ0n) is 10.1. The first-order valence-electron chi connectivity index (χ1n) is 5.22. The van der Waals surface area contributed by atoms with E-state index >= 15 is 0 Å². The summed E-state index contributed by atoms with van der Waals surface area (Å²) in [7, 11) is 3.33. The molecule has 0 aliphatic rings. The lowest BCUT2D eigenvalue weighted by Crippen LogP contribution is -2.22. The Morgan fingerprint density at radius 3 is 2.06 bits per heavy atom. The lowest BCUT2D eigenvalue weighted by atomic mass is 10.1. The standard InChI is InChI=1S/C12H18BrNO2/c1-8(2)14-7-10-11(15-3)5-9(13)6-12(10)16-4/h5-6,8,14H,7H2,1-4H3. The molecule has 0 bridgehead atoms. The van der Waals surface area contributed by atoms with Gasteiger partial charge in [0, 0.05) is 22.6 Å². The number of benzene rings is 1. The van der Waals surface area contributed by atoms with Gasteiger partial charge in [0.25, 0.3) is 0 Å². The van der Waals surface area contributed by atoms with Gasteiger partial charge in [-0.05, 0) is 12.1 Å². The third-order valence-electron chi connectivity index (χ3n) is 2.26. The molecule has 0 saturated heterocycles. The van der Waals surface area contributed by atoms with Crippen LogP contribution < -0.4 is 14.8 Å². The Morgan fingerprint density at radius 1 is 1.19 bits per heavy atom. The van der Waals surface area contributed by atoms with Crippen molar-refractivity contribution in [2.75, 3.05) is 14.2 Å². The van der Waals surface area contributed by atoms with Gasteiger partial charge in [-0.25, -0.2) is 0 Å². The zero-order chi connectivity index (χ0) is 12.1. The van der Waals surface area contributed by atoms with Crippen LogP contribution >= 0.6 is 15.9 Å². The lowest BCUT2D eigenvalue weighted by molar-refractivity contribution is 0.380. The van der Waals surface area contributed by atoms with Gasteiger partial charge in [0.2, 0.25) is 0 Å². The number of methoxy groups -OCH3 is 2. The molecule has 0 aliphatic heterocycles. The monoisotopic (exact) mass is 287 g/mol. The van der Waals surface area contributed by atoms with Crippen molar-refractivity contribution in [1.82, 2.24) is 5.32 Å². The molecule has 0 aromatic heterocycles. The SMILES string of the molecule is COc1cc(Br)cc(OC)c1CNC(C)C. The van der Waals surface area contributed by atoms with E-state index in [-0.39, 0.29) is 0 Å². The molecule has 0 heterocycles. The van der Waals surface area contributed by atoms with Crippen LogP contribution in [0.25, 0.3) is 0 Å². The maximum Gasteiger partial charge on any atom is 0.128 e. The van der Waals surface area contributed by atoms with Gasteiger partial charge in [-0.1, -0.05) is 29.8 Å².